The third kappa shape index (κ3) is 5.50. The van der Waals surface area contributed by atoms with Crippen molar-refractivity contribution in [3.8, 4) is 0 Å². The van der Waals surface area contributed by atoms with Gasteiger partial charge < -0.3 is 4.55 Å². The SMILES string of the molecule is Cc1cc(C)c(S(=O)(=O)[O-])c(C)c1.N[n+]1cccc(C(F)(F)F)c1. The number of rotatable bonds is 1. The average Bonchev–Trinajstić information content (AvgIpc) is 2.35. The first-order valence-electron chi connectivity index (χ1n) is 6.69. The summed E-state index contributed by atoms with van der Waals surface area (Å²) in [7, 11) is -4.33. The standard InChI is InChI=1S/C9H12O3S.C6H6F3N2/c1-6-4-7(2)9(8(3)5-6)13(10,11)12;7-6(8,9)5-2-1-3-11(10)4-5/h4-5H,1-3H3,(H,10,11,12);1-4H,10H2/q;+1/p-1. The Bertz CT molecular complexity index is 811. The lowest BCUT2D eigenvalue weighted by molar-refractivity contribution is -0.640. The molecule has 5 nitrogen and oxygen atoms in total. The summed E-state index contributed by atoms with van der Waals surface area (Å²) in [6.07, 6.45) is -2.17. The summed E-state index contributed by atoms with van der Waals surface area (Å²) < 4.78 is 69.1. The van der Waals surface area contributed by atoms with E-state index in [9.17, 15) is 26.1 Å². The number of nitrogens with two attached hydrogens (primary N) is 1. The zero-order valence-corrected chi connectivity index (χ0v) is 14.1. The van der Waals surface area contributed by atoms with Gasteiger partial charge in [0, 0.05) is 6.07 Å². The van der Waals surface area contributed by atoms with E-state index in [1.54, 1.807) is 26.0 Å². The highest BCUT2D eigenvalue weighted by Gasteiger charge is 2.32. The summed E-state index contributed by atoms with van der Waals surface area (Å²) in [5.74, 6) is 5.07. The van der Waals surface area contributed by atoms with Crippen LogP contribution in [0.2, 0.25) is 0 Å². The molecule has 0 fully saturated rings. The molecule has 0 aliphatic rings. The average molecular weight is 362 g/mol. The number of aromatic nitrogens is 1. The summed E-state index contributed by atoms with van der Waals surface area (Å²) in [5.41, 5.74) is 1.25. The van der Waals surface area contributed by atoms with Crippen molar-refractivity contribution < 1.29 is 30.8 Å². The Morgan fingerprint density at radius 3 is 1.96 bits per heavy atom. The maximum Gasteiger partial charge on any atom is 0.422 e. The number of benzene rings is 1. The fourth-order valence-electron chi connectivity index (χ4n) is 2.22. The van der Waals surface area contributed by atoms with E-state index in [1.807, 2.05) is 6.92 Å². The third-order valence-corrected chi connectivity index (χ3v) is 4.15. The molecule has 0 unspecified atom stereocenters. The van der Waals surface area contributed by atoms with Crippen LogP contribution in [0.3, 0.4) is 0 Å². The third-order valence-electron chi connectivity index (χ3n) is 3.00. The Labute approximate surface area is 138 Å². The van der Waals surface area contributed by atoms with E-state index in [0.29, 0.717) is 11.1 Å². The van der Waals surface area contributed by atoms with Gasteiger partial charge in [0.25, 0.3) is 0 Å². The van der Waals surface area contributed by atoms with Crippen LogP contribution in [0.15, 0.2) is 41.6 Å². The minimum absolute atomic E-state index is 0.0851. The number of nitrogens with zero attached hydrogens (tertiary/aromatic N) is 1. The lowest BCUT2D eigenvalue weighted by Crippen LogP contribution is -2.44. The van der Waals surface area contributed by atoms with Crippen LogP contribution < -0.4 is 10.5 Å². The molecular formula is C15H17F3N2O3S. The zero-order valence-electron chi connectivity index (χ0n) is 13.3. The van der Waals surface area contributed by atoms with Gasteiger partial charge in [-0.05, 0) is 38.0 Å². The van der Waals surface area contributed by atoms with Gasteiger partial charge in [-0.3, -0.25) is 0 Å². The molecule has 0 bridgehead atoms. The molecule has 0 saturated heterocycles. The van der Waals surface area contributed by atoms with Crippen LogP contribution in [0.1, 0.15) is 22.3 Å². The number of nitrogen functional groups attached to an aromatic ring is 1. The molecule has 0 aliphatic carbocycles. The van der Waals surface area contributed by atoms with Gasteiger partial charge in [-0.15, -0.1) is 0 Å². The second-order valence-corrected chi connectivity index (χ2v) is 6.54. The molecule has 1 heterocycles. The fraction of sp³-hybridized carbons (Fsp3) is 0.267. The lowest BCUT2D eigenvalue weighted by Gasteiger charge is -2.14. The van der Waals surface area contributed by atoms with Crippen molar-refractivity contribution in [1.82, 2.24) is 0 Å². The summed E-state index contributed by atoms with van der Waals surface area (Å²) in [5, 5.41) is 0. The number of hydrogen-bond donors (Lipinski definition) is 1. The molecule has 1 aromatic carbocycles. The first kappa shape index (κ1) is 19.9. The minimum atomic E-state index is -4.33. The van der Waals surface area contributed by atoms with E-state index in [1.165, 1.54) is 12.3 Å². The van der Waals surface area contributed by atoms with Gasteiger partial charge in [-0.25, -0.2) is 14.3 Å². The van der Waals surface area contributed by atoms with Crippen molar-refractivity contribution in [3.63, 3.8) is 0 Å². The molecular weight excluding hydrogens is 345 g/mol. The molecule has 24 heavy (non-hydrogen) atoms. The van der Waals surface area contributed by atoms with Gasteiger partial charge in [0.05, 0.1) is 4.90 Å². The van der Waals surface area contributed by atoms with E-state index in [-0.39, 0.29) is 4.90 Å². The molecule has 1 aromatic heterocycles. The van der Waals surface area contributed by atoms with Crippen LogP contribution in [-0.2, 0) is 16.3 Å². The second kappa shape index (κ2) is 7.18. The smallest absolute Gasteiger partial charge is 0.422 e. The van der Waals surface area contributed by atoms with Crippen molar-refractivity contribution in [2.45, 2.75) is 31.8 Å². The van der Waals surface area contributed by atoms with Crippen LogP contribution in [0, 0.1) is 20.8 Å². The Morgan fingerprint density at radius 1 is 1.12 bits per heavy atom. The fourth-order valence-corrected chi connectivity index (χ4v) is 3.13. The number of pyridine rings is 1. The van der Waals surface area contributed by atoms with E-state index in [4.69, 9.17) is 5.84 Å². The normalized spacial score (nSPS) is 11.6. The first-order chi connectivity index (χ1) is 10.8. The quantitative estimate of drug-likeness (QED) is 0.479. The molecule has 9 heteroatoms. The first-order valence-corrected chi connectivity index (χ1v) is 8.10. The van der Waals surface area contributed by atoms with Crippen molar-refractivity contribution in [2.24, 2.45) is 0 Å². The number of alkyl halides is 3. The number of halogens is 3. The molecule has 2 N–H and O–H groups in total. The second-order valence-electron chi connectivity index (χ2n) is 5.22. The van der Waals surface area contributed by atoms with Crippen LogP contribution in [-0.4, -0.2) is 13.0 Å². The van der Waals surface area contributed by atoms with E-state index in [2.05, 4.69) is 0 Å². The largest absolute Gasteiger partial charge is 0.744 e. The van der Waals surface area contributed by atoms with Gasteiger partial charge in [-0.1, -0.05) is 22.4 Å². The van der Waals surface area contributed by atoms with Crippen molar-refractivity contribution in [3.05, 3.63) is 58.9 Å². The number of aryl methyl sites for hydroxylation is 3. The Kier molecular flexibility index (Phi) is 5.96. The molecule has 132 valence electrons. The molecule has 0 saturated carbocycles. The highest BCUT2D eigenvalue weighted by Crippen LogP contribution is 2.27. The van der Waals surface area contributed by atoms with Gasteiger partial charge in [-0.2, -0.15) is 13.2 Å². The van der Waals surface area contributed by atoms with Crippen LogP contribution in [0.4, 0.5) is 13.2 Å². The molecule has 2 aromatic rings. The predicted octanol–water partition coefficient (Wildman–Crippen LogP) is 2.22. The highest BCUT2D eigenvalue weighted by molar-refractivity contribution is 7.85. The van der Waals surface area contributed by atoms with Gasteiger partial charge in [0.15, 0.2) is 6.20 Å². The molecule has 2 rings (SSSR count). The molecule has 0 atom stereocenters. The highest BCUT2D eigenvalue weighted by atomic mass is 32.2. The summed E-state index contributed by atoms with van der Waals surface area (Å²) >= 11 is 0. The lowest BCUT2D eigenvalue weighted by atomic mass is 10.1. The van der Waals surface area contributed by atoms with Crippen molar-refractivity contribution >= 4 is 10.1 Å². The van der Waals surface area contributed by atoms with E-state index in [0.717, 1.165) is 22.5 Å². The Morgan fingerprint density at radius 2 is 1.62 bits per heavy atom. The van der Waals surface area contributed by atoms with Crippen LogP contribution in [0.25, 0.3) is 0 Å². The predicted molar refractivity (Wildman–Crippen MR) is 80.4 cm³/mol. The monoisotopic (exact) mass is 362 g/mol. The topological polar surface area (TPSA) is 87.1 Å². The summed E-state index contributed by atoms with van der Waals surface area (Å²) in [4.78, 5) is -0.0851. The van der Waals surface area contributed by atoms with Gasteiger partial charge in [0.2, 0.25) is 6.20 Å². The Hall–Kier alpha value is -2.13. The van der Waals surface area contributed by atoms with Crippen molar-refractivity contribution in [1.29, 1.82) is 0 Å². The minimum Gasteiger partial charge on any atom is -0.744 e. The van der Waals surface area contributed by atoms with Crippen LogP contribution in [0.5, 0.6) is 0 Å². The van der Waals surface area contributed by atoms with Gasteiger partial charge >= 0.3 is 6.18 Å². The summed E-state index contributed by atoms with van der Waals surface area (Å²) in [6, 6.07) is 5.59. The van der Waals surface area contributed by atoms with E-state index < -0.39 is 21.9 Å². The van der Waals surface area contributed by atoms with E-state index >= 15 is 0 Å². The molecule has 0 aliphatic heterocycles. The summed E-state index contributed by atoms with van der Waals surface area (Å²) in [6.45, 7) is 5.12. The Balaban J connectivity index is 0.000000243. The van der Waals surface area contributed by atoms with Crippen molar-refractivity contribution in [2.75, 3.05) is 5.84 Å². The van der Waals surface area contributed by atoms with Crippen LogP contribution >= 0.6 is 0 Å². The molecule has 0 radical (unpaired) electrons. The number of hydrogen-bond acceptors (Lipinski definition) is 4. The van der Waals surface area contributed by atoms with Gasteiger partial charge in [0.1, 0.15) is 15.7 Å². The zero-order chi connectivity index (χ0) is 18.7. The maximum atomic E-state index is 11.9. The molecule has 0 amide bonds. The maximum absolute atomic E-state index is 11.9. The molecule has 0 spiro atoms.